The second-order valence-electron chi connectivity index (χ2n) is 2.11. The first-order valence-corrected chi connectivity index (χ1v) is 4.92. The molecule has 0 aromatic rings. The van der Waals surface area contributed by atoms with Crippen LogP contribution in [-0.2, 0) is 24.2 Å². The van der Waals surface area contributed by atoms with Gasteiger partial charge in [-0.3, -0.25) is 0 Å². The van der Waals surface area contributed by atoms with Gasteiger partial charge in [0.05, 0.1) is 12.7 Å². The quantitative estimate of drug-likeness (QED) is 0.429. The molecule has 0 bridgehead atoms. The van der Waals surface area contributed by atoms with Crippen molar-refractivity contribution in [2.75, 3.05) is 6.61 Å². The molecule has 0 aliphatic carbocycles. The van der Waals surface area contributed by atoms with Gasteiger partial charge < -0.3 is 10.2 Å². The maximum atomic E-state index is 8.80. The van der Waals surface area contributed by atoms with Gasteiger partial charge in [0.15, 0.2) is 0 Å². The molecular formula is C7H14O4Ru. The number of unbranched alkanes of at least 4 members (excludes halogenated alkanes) is 1. The van der Waals surface area contributed by atoms with Gasteiger partial charge >= 0.3 is 24.2 Å². The van der Waals surface area contributed by atoms with E-state index >= 15 is 0 Å². The molecule has 0 amide bonds. The van der Waals surface area contributed by atoms with E-state index in [-0.39, 0.29) is 6.61 Å². The van der Waals surface area contributed by atoms with E-state index in [4.69, 9.17) is 17.4 Å². The molecule has 4 nitrogen and oxygen atoms in total. The number of hydrogen-bond acceptors (Lipinski definition) is 4. The first kappa shape index (κ1) is 14.4. The fraction of sp³-hybridized carbons (Fsp3) is 0.714. The summed E-state index contributed by atoms with van der Waals surface area (Å²) < 4.78 is 16.9. The Morgan fingerprint density at radius 2 is 2.00 bits per heavy atom. The van der Waals surface area contributed by atoms with Gasteiger partial charge in [-0.25, -0.2) is 0 Å². The van der Waals surface area contributed by atoms with Crippen LogP contribution in [0.2, 0.25) is 0 Å². The maximum absolute atomic E-state index is 8.80. The molecule has 2 N–H and O–H groups in total. The summed E-state index contributed by atoms with van der Waals surface area (Å²) in [7, 11) is 0. The number of aliphatic hydroxyl groups excluding tert-OH is 2. The Morgan fingerprint density at radius 3 is 2.33 bits per heavy atom. The van der Waals surface area contributed by atoms with Crippen molar-refractivity contribution >= 4 is 0 Å². The van der Waals surface area contributed by atoms with E-state index in [2.05, 4.69) is 6.58 Å². The van der Waals surface area contributed by atoms with Gasteiger partial charge in [0.1, 0.15) is 0 Å². The van der Waals surface area contributed by atoms with Gasteiger partial charge in [0.2, 0.25) is 0 Å². The minimum absolute atomic E-state index is 0.128. The van der Waals surface area contributed by atoms with Gasteiger partial charge in [-0.2, -0.15) is 0 Å². The van der Waals surface area contributed by atoms with Crippen LogP contribution in [0.1, 0.15) is 19.3 Å². The second kappa shape index (κ2) is 13.5. The zero-order chi connectivity index (χ0) is 9.82. The van der Waals surface area contributed by atoms with Crippen LogP contribution in [0.25, 0.3) is 0 Å². The average Bonchev–Trinajstić information content (AvgIpc) is 2.06. The summed E-state index contributed by atoms with van der Waals surface area (Å²) in [5.74, 6) is 0. The van der Waals surface area contributed by atoms with Crippen molar-refractivity contribution in [2.24, 2.45) is 0 Å². The monoisotopic (exact) mass is 264 g/mol. The third-order valence-electron chi connectivity index (χ3n) is 1.16. The van der Waals surface area contributed by atoms with Crippen molar-refractivity contribution in [3.8, 4) is 0 Å². The zero-order valence-electron chi connectivity index (χ0n) is 6.75. The molecule has 0 heterocycles. The van der Waals surface area contributed by atoms with Crippen LogP contribution < -0.4 is 0 Å². The molecule has 0 radical (unpaired) electrons. The molecule has 1 unspecified atom stereocenters. The standard InChI is InChI=1S/C7H14O2.2O.Ru/c1-2-3-4-5-7(9)6-8;;;/h2,7-9H,1,3-6H2;;;. The molecule has 0 aromatic carbocycles. The molecule has 0 rings (SSSR count). The molecule has 0 fully saturated rings. The third-order valence-corrected chi connectivity index (χ3v) is 1.16. The molecule has 0 aliphatic heterocycles. The van der Waals surface area contributed by atoms with Crippen LogP contribution >= 0.6 is 0 Å². The van der Waals surface area contributed by atoms with E-state index in [0.29, 0.717) is 6.42 Å². The van der Waals surface area contributed by atoms with Crippen molar-refractivity contribution in [3.63, 3.8) is 0 Å². The molecule has 0 aliphatic rings. The topological polar surface area (TPSA) is 74.6 Å². The van der Waals surface area contributed by atoms with Crippen LogP contribution in [0.15, 0.2) is 12.7 Å². The van der Waals surface area contributed by atoms with Crippen LogP contribution in [0.4, 0.5) is 0 Å². The predicted octanol–water partition coefficient (Wildman–Crippen LogP) is 0.456. The van der Waals surface area contributed by atoms with Gasteiger partial charge in [-0.1, -0.05) is 6.08 Å². The van der Waals surface area contributed by atoms with Gasteiger partial charge in [0.25, 0.3) is 0 Å². The Hall–Kier alpha value is -0.117. The van der Waals surface area contributed by atoms with Crippen LogP contribution in [-0.4, -0.2) is 22.9 Å². The molecule has 1 atom stereocenters. The predicted molar refractivity (Wildman–Crippen MR) is 38.5 cm³/mol. The van der Waals surface area contributed by atoms with Crippen molar-refractivity contribution in [2.45, 2.75) is 25.4 Å². The Kier molecular flexibility index (Phi) is 16.2. The normalized spacial score (nSPS) is 11.2. The van der Waals surface area contributed by atoms with E-state index in [1.54, 1.807) is 0 Å². The molecule has 0 saturated carbocycles. The third kappa shape index (κ3) is 16.5. The minimum atomic E-state index is -1.79. The van der Waals surface area contributed by atoms with Crippen LogP contribution in [0.3, 0.4) is 0 Å². The molecule has 12 heavy (non-hydrogen) atoms. The number of allylic oxidation sites excluding steroid dienone is 1. The van der Waals surface area contributed by atoms with Crippen molar-refractivity contribution in [1.29, 1.82) is 0 Å². The fourth-order valence-corrected chi connectivity index (χ4v) is 0.589. The Balaban J connectivity index is 0. The van der Waals surface area contributed by atoms with E-state index in [0.717, 1.165) is 12.8 Å². The molecule has 5 heteroatoms. The Labute approximate surface area is 79.4 Å². The van der Waals surface area contributed by atoms with E-state index in [9.17, 15) is 0 Å². The van der Waals surface area contributed by atoms with E-state index in [1.165, 1.54) is 0 Å². The Morgan fingerprint density at radius 1 is 1.50 bits per heavy atom. The van der Waals surface area contributed by atoms with Crippen LogP contribution in [0, 0.1) is 0 Å². The molecule has 0 aromatic heterocycles. The summed E-state index contributed by atoms with van der Waals surface area (Å²) in [5.41, 5.74) is 0. The van der Waals surface area contributed by atoms with Gasteiger partial charge in [-0.15, -0.1) is 6.58 Å². The summed E-state index contributed by atoms with van der Waals surface area (Å²) in [4.78, 5) is 0. The molecule has 74 valence electrons. The van der Waals surface area contributed by atoms with Gasteiger partial charge in [-0.05, 0) is 19.3 Å². The van der Waals surface area contributed by atoms with E-state index in [1.807, 2.05) is 6.08 Å². The molecule has 0 spiro atoms. The van der Waals surface area contributed by atoms with Gasteiger partial charge in [0, 0.05) is 0 Å². The van der Waals surface area contributed by atoms with Crippen molar-refractivity contribution in [1.82, 2.24) is 0 Å². The fourth-order valence-electron chi connectivity index (χ4n) is 0.589. The summed E-state index contributed by atoms with van der Waals surface area (Å²) >= 11 is -1.79. The number of rotatable bonds is 5. The second-order valence-corrected chi connectivity index (χ2v) is 2.40. The number of aliphatic hydroxyl groups is 2. The average molecular weight is 263 g/mol. The van der Waals surface area contributed by atoms with Crippen molar-refractivity contribution < 1.29 is 34.4 Å². The number of hydrogen-bond donors (Lipinski definition) is 2. The summed E-state index contributed by atoms with van der Waals surface area (Å²) in [5, 5.41) is 17.2. The summed E-state index contributed by atoms with van der Waals surface area (Å²) in [6, 6.07) is 0. The van der Waals surface area contributed by atoms with Crippen LogP contribution in [0.5, 0.6) is 0 Å². The first-order valence-electron chi connectivity index (χ1n) is 3.50. The SMILES string of the molecule is C=CCCCC(O)CO.[O]=[Ru]=[O]. The van der Waals surface area contributed by atoms with Crippen molar-refractivity contribution in [3.05, 3.63) is 12.7 Å². The van der Waals surface area contributed by atoms with E-state index < -0.39 is 23.1 Å². The first-order chi connectivity index (χ1) is 5.72. The molecular weight excluding hydrogens is 249 g/mol. The zero-order valence-corrected chi connectivity index (χ0v) is 8.49. The Bertz CT molecular complexity index is 131. The molecule has 0 saturated heterocycles. The summed E-state index contributed by atoms with van der Waals surface area (Å²) in [6.07, 6.45) is 3.76. The summed E-state index contributed by atoms with van der Waals surface area (Å²) in [6.45, 7) is 3.41.